The van der Waals surface area contributed by atoms with Gasteiger partial charge in [-0.1, -0.05) is 15.9 Å². The van der Waals surface area contributed by atoms with E-state index in [2.05, 4.69) is 26.1 Å². The van der Waals surface area contributed by atoms with Crippen LogP contribution in [0, 0.1) is 0 Å². The van der Waals surface area contributed by atoms with E-state index in [9.17, 15) is 4.79 Å². The molecule has 2 rings (SSSR count). The van der Waals surface area contributed by atoms with Crippen LogP contribution in [0.25, 0.3) is 11.3 Å². The zero-order chi connectivity index (χ0) is 13.3. The van der Waals surface area contributed by atoms with Gasteiger partial charge in [0.05, 0.1) is 7.11 Å². The summed E-state index contributed by atoms with van der Waals surface area (Å²) in [5.41, 5.74) is 0.759. The van der Waals surface area contributed by atoms with Crippen molar-refractivity contribution in [2.24, 2.45) is 7.05 Å². The highest BCUT2D eigenvalue weighted by Crippen LogP contribution is 2.32. The fraction of sp³-hybridized carbons (Fsp3) is 0.182. The molecule has 0 aliphatic heterocycles. The monoisotopic (exact) mass is 311 g/mol. The molecule has 7 heteroatoms. The molecule has 2 aromatic rings. The van der Waals surface area contributed by atoms with Crippen LogP contribution in [0.3, 0.4) is 0 Å². The van der Waals surface area contributed by atoms with Gasteiger partial charge in [-0.25, -0.2) is 4.79 Å². The smallest absolute Gasteiger partial charge is 0.358 e. The van der Waals surface area contributed by atoms with Crippen LogP contribution in [0.5, 0.6) is 5.75 Å². The van der Waals surface area contributed by atoms with Crippen molar-refractivity contribution in [1.82, 2.24) is 15.0 Å². The van der Waals surface area contributed by atoms with Crippen LogP contribution in [0.1, 0.15) is 10.5 Å². The van der Waals surface area contributed by atoms with E-state index < -0.39 is 5.97 Å². The molecule has 94 valence electrons. The van der Waals surface area contributed by atoms with Crippen molar-refractivity contribution in [2.45, 2.75) is 0 Å². The van der Waals surface area contributed by atoms with Gasteiger partial charge in [-0.15, -0.1) is 5.10 Å². The van der Waals surface area contributed by atoms with Crippen molar-refractivity contribution < 1.29 is 14.6 Å². The summed E-state index contributed by atoms with van der Waals surface area (Å²) in [6.45, 7) is 0. The van der Waals surface area contributed by atoms with Gasteiger partial charge in [0.25, 0.3) is 0 Å². The number of aromatic nitrogens is 3. The number of halogens is 1. The lowest BCUT2D eigenvalue weighted by Crippen LogP contribution is -2.01. The molecular weight excluding hydrogens is 302 g/mol. The largest absolute Gasteiger partial charge is 0.496 e. The highest BCUT2D eigenvalue weighted by molar-refractivity contribution is 9.10. The predicted octanol–water partition coefficient (Wildman–Crippen LogP) is 1.95. The summed E-state index contributed by atoms with van der Waals surface area (Å²) in [6, 6.07) is 5.29. The lowest BCUT2D eigenvalue weighted by molar-refractivity contribution is 0.0690. The van der Waals surface area contributed by atoms with Crippen molar-refractivity contribution >= 4 is 21.9 Å². The molecule has 0 fully saturated rings. The third kappa shape index (κ3) is 2.21. The van der Waals surface area contributed by atoms with Crippen molar-refractivity contribution in [3.63, 3.8) is 0 Å². The quantitative estimate of drug-likeness (QED) is 0.937. The minimum absolute atomic E-state index is 0.103. The highest BCUT2D eigenvalue weighted by Gasteiger charge is 2.21. The Hall–Kier alpha value is -1.89. The van der Waals surface area contributed by atoms with E-state index in [-0.39, 0.29) is 11.4 Å². The Morgan fingerprint density at radius 1 is 1.44 bits per heavy atom. The standard InChI is InChI=1S/C11H10BrN3O3/c1-15-13-9(10(14-15)11(16)17)7-5-6(12)3-4-8(7)18-2/h3-5H,1-2H3,(H,16,17). The number of rotatable bonds is 3. The molecule has 6 nitrogen and oxygen atoms in total. The lowest BCUT2D eigenvalue weighted by Gasteiger charge is -2.06. The maximum Gasteiger partial charge on any atom is 0.358 e. The van der Waals surface area contributed by atoms with E-state index >= 15 is 0 Å². The van der Waals surface area contributed by atoms with Crippen LogP contribution >= 0.6 is 15.9 Å². The summed E-state index contributed by atoms with van der Waals surface area (Å²) >= 11 is 3.33. The van der Waals surface area contributed by atoms with E-state index in [1.807, 2.05) is 0 Å². The zero-order valence-corrected chi connectivity index (χ0v) is 11.3. The van der Waals surface area contributed by atoms with Crippen LogP contribution in [0.2, 0.25) is 0 Å². The van der Waals surface area contributed by atoms with Crippen molar-refractivity contribution in [3.05, 3.63) is 28.4 Å². The number of hydrogen-bond donors (Lipinski definition) is 1. The van der Waals surface area contributed by atoms with Gasteiger partial charge in [0.15, 0.2) is 5.69 Å². The molecule has 1 aromatic carbocycles. The molecule has 0 aliphatic carbocycles. The van der Waals surface area contributed by atoms with Gasteiger partial charge in [0, 0.05) is 17.1 Å². The Bertz CT molecular complexity index is 610. The van der Waals surface area contributed by atoms with E-state index in [0.29, 0.717) is 11.3 Å². The molecule has 0 spiro atoms. The Balaban J connectivity index is 2.68. The third-order valence-electron chi connectivity index (χ3n) is 2.33. The molecular formula is C11H10BrN3O3. The van der Waals surface area contributed by atoms with Crippen LogP contribution in [-0.4, -0.2) is 33.2 Å². The van der Waals surface area contributed by atoms with Gasteiger partial charge >= 0.3 is 5.97 Å². The SMILES string of the molecule is COc1ccc(Br)cc1-c1nn(C)nc1C(=O)O. The van der Waals surface area contributed by atoms with Crippen LogP contribution in [0.4, 0.5) is 0 Å². The number of carboxylic acid groups (broad SMARTS) is 1. The first-order chi connectivity index (χ1) is 8.52. The number of hydrogen-bond acceptors (Lipinski definition) is 4. The Kier molecular flexibility index (Phi) is 3.33. The molecule has 18 heavy (non-hydrogen) atoms. The summed E-state index contributed by atoms with van der Waals surface area (Å²) in [6.07, 6.45) is 0. The van der Waals surface area contributed by atoms with Crippen LogP contribution in [-0.2, 0) is 7.05 Å². The molecule has 0 aliphatic rings. The average molecular weight is 312 g/mol. The third-order valence-corrected chi connectivity index (χ3v) is 2.83. The van der Waals surface area contributed by atoms with Crippen molar-refractivity contribution in [3.8, 4) is 17.0 Å². The molecule has 1 aromatic heterocycles. The summed E-state index contributed by atoms with van der Waals surface area (Å²) in [5, 5.41) is 17.0. The number of aryl methyl sites for hydroxylation is 1. The minimum atomic E-state index is -1.12. The number of aromatic carboxylic acids is 1. The second-order valence-electron chi connectivity index (χ2n) is 3.54. The summed E-state index contributed by atoms with van der Waals surface area (Å²) < 4.78 is 6.01. The van der Waals surface area contributed by atoms with E-state index in [0.717, 1.165) is 4.47 Å². The molecule has 0 radical (unpaired) electrons. The fourth-order valence-electron chi connectivity index (χ4n) is 1.60. The van der Waals surface area contributed by atoms with E-state index in [4.69, 9.17) is 9.84 Å². The average Bonchev–Trinajstić information content (AvgIpc) is 2.71. The number of nitrogens with zero attached hydrogens (tertiary/aromatic N) is 3. The molecule has 1 heterocycles. The molecule has 0 saturated carbocycles. The normalized spacial score (nSPS) is 10.4. The van der Waals surface area contributed by atoms with E-state index in [1.165, 1.54) is 11.9 Å². The Morgan fingerprint density at radius 2 is 2.17 bits per heavy atom. The second-order valence-corrected chi connectivity index (χ2v) is 4.45. The van der Waals surface area contributed by atoms with Gasteiger partial charge in [0.1, 0.15) is 11.4 Å². The Labute approximate surface area is 111 Å². The molecule has 0 saturated heterocycles. The molecule has 0 amide bonds. The first-order valence-electron chi connectivity index (χ1n) is 5.01. The number of methoxy groups -OCH3 is 1. The topological polar surface area (TPSA) is 77.2 Å². The summed E-state index contributed by atoms with van der Waals surface area (Å²) in [7, 11) is 3.09. The minimum Gasteiger partial charge on any atom is -0.496 e. The van der Waals surface area contributed by atoms with Crippen LogP contribution in [0.15, 0.2) is 22.7 Å². The van der Waals surface area contributed by atoms with Gasteiger partial charge in [0.2, 0.25) is 0 Å². The van der Waals surface area contributed by atoms with Crippen molar-refractivity contribution in [1.29, 1.82) is 0 Å². The maximum atomic E-state index is 11.1. The second kappa shape index (κ2) is 4.77. The van der Waals surface area contributed by atoms with Gasteiger partial charge < -0.3 is 9.84 Å². The number of ether oxygens (including phenoxy) is 1. The summed E-state index contributed by atoms with van der Waals surface area (Å²) in [5.74, 6) is -0.582. The molecule has 0 atom stereocenters. The number of carbonyl (C=O) groups is 1. The highest BCUT2D eigenvalue weighted by atomic mass is 79.9. The summed E-state index contributed by atoms with van der Waals surface area (Å²) in [4.78, 5) is 12.3. The number of benzene rings is 1. The Morgan fingerprint density at radius 3 is 2.78 bits per heavy atom. The van der Waals surface area contributed by atoms with Crippen LogP contribution < -0.4 is 4.74 Å². The predicted molar refractivity (Wildman–Crippen MR) is 67.7 cm³/mol. The molecule has 0 bridgehead atoms. The zero-order valence-electron chi connectivity index (χ0n) is 9.72. The lowest BCUT2D eigenvalue weighted by atomic mass is 10.1. The van der Waals surface area contributed by atoms with Crippen molar-refractivity contribution in [2.75, 3.05) is 7.11 Å². The first-order valence-corrected chi connectivity index (χ1v) is 5.80. The maximum absolute atomic E-state index is 11.1. The van der Waals surface area contributed by atoms with Gasteiger partial charge in [-0.2, -0.15) is 9.90 Å². The van der Waals surface area contributed by atoms with Gasteiger partial charge in [-0.3, -0.25) is 0 Å². The van der Waals surface area contributed by atoms with E-state index in [1.54, 1.807) is 25.2 Å². The molecule has 1 N–H and O–H groups in total. The molecule has 0 unspecified atom stereocenters. The first kappa shape index (κ1) is 12.6. The van der Waals surface area contributed by atoms with Gasteiger partial charge in [-0.05, 0) is 18.2 Å². The number of carboxylic acids is 1. The fourth-order valence-corrected chi connectivity index (χ4v) is 1.96.